The first-order chi connectivity index (χ1) is 12.3. The number of aliphatic hydroxyl groups is 1. The molecule has 2 aliphatic rings. The normalized spacial score (nSPS) is 27.0. The van der Waals surface area contributed by atoms with Gasteiger partial charge in [0, 0.05) is 28.3 Å². The van der Waals surface area contributed by atoms with Crippen LogP contribution in [0.4, 0.5) is 0 Å². The standard InChI is InChI=1S/C18H20N2O4S2/c1-9-14-13(10(2)21)17(22)20(14)15(18(23)24)16(9)26-12(8-25)11-6-4-5-7-19(11)3/h4-10,12-14,21H,1-3H3/p+1/t9?,10-,12?,13?,14?/m1/s1. The highest BCUT2D eigenvalue weighted by Gasteiger charge is 2.60. The third-order valence-corrected chi connectivity index (χ3v) is 6.97. The number of aryl methyl sites for hydroxylation is 1. The summed E-state index contributed by atoms with van der Waals surface area (Å²) in [7, 11) is 1.91. The fourth-order valence-electron chi connectivity index (χ4n) is 3.81. The van der Waals surface area contributed by atoms with E-state index in [0.29, 0.717) is 4.91 Å². The minimum Gasteiger partial charge on any atom is -0.477 e. The zero-order valence-electron chi connectivity index (χ0n) is 14.7. The lowest BCUT2D eigenvalue weighted by molar-refractivity contribution is -0.678. The number of carbonyl (C=O) groups excluding carboxylic acids is 1. The number of amides is 1. The summed E-state index contributed by atoms with van der Waals surface area (Å²) < 4.78 is 1.94. The molecule has 5 atom stereocenters. The van der Waals surface area contributed by atoms with Crippen LogP contribution in [0, 0.1) is 11.8 Å². The van der Waals surface area contributed by atoms with Gasteiger partial charge >= 0.3 is 5.97 Å². The van der Waals surface area contributed by atoms with Crippen LogP contribution in [0.3, 0.4) is 0 Å². The molecule has 0 aromatic carbocycles. The Labute approximate surface area is 161 Å². The summed E-state index contributed by atoms with van der Waals surface area (Å²) in [6, 6.07) is 5.45. The summed E-state index contributed by atoms with van der Waals surface area (Å²) in [6.07, 6.45) is 1.10. The third-order valence-electron chi connectivity index (χ3n) is 5.08. The van der Waals surface area contributed by atoms with Crippen molar-refractivity contribution < 1.29 is 24.4 Å². The van der Waals surface area contributed by atoms with Gasteiger partial charge in [-0.15, -0.1) is 11.8 Å². The van der Waals surface area contributed by atoms with E-state index in [1.165, 1.54) is 16.7 Å². The van der Waals surface area contributed by atoms with Crippen molar-refractivity contribution in [2.45, 2.75) is 31.2 Å². The number of hydrogen-bond donors (Lipinski definition) is 2. The van der Waals surface area contributed by atoms with Crippen LogP contribution in [0.1, 0.15) is 24.8 Å². The average molecular weight is 394 g/mol. The van der Waals surface area contributed by atoms with Crippen molar-refractivity contribution in [1.82, 2.24) is 4.90 Å². The van der Waals surface area contributed by atoms with E-state index < -0.39 is 18.0 Å². The van der Waals surface area contributed by atoms with Crippen molar-refractivity contribution in [2.24, 2.45) is 18.9 Å². The quantitative estimate of drug-likeness (QED) is 0.432. The van der Waals surface area contributed by atoms with Crippen molar-refractivity contribution in [1.29, 1.82) is 0 Å². The highest BCUT2D eigenvalue weighted by atomic mass is 32.2. The Morgan fingerprint density at radius 1 is 1.46 bits per heavy atom. The topological polar surface area (TPSA) is 81.7 Å². The van der Waals surface area contributed by atoms with Gasteiger partial charge in [-0.05, 0) is 6.92 Å². The highest BCUT2D eigenvalue weighted by Crippen LogP contribution is 2.52. The van der Waals surface area contributed by atoms with E-state index in [-0.39, 0.29) is 28.8 Å². The Kier molecular flexibility index (Phi) is 5.18. The molecule has 3 rings (SSSR count). The van der Waals surface area contributed by atoms with Crippen LogP contribution in [0.25, 0.3) is 0 Å². The summed E-state index contributed by atoms with van der Waals surface area (Å²) in [5.41, 5.74) is 0.972. The lowest BCUT2D eigenvalue weighted by Gasteiger charge is -2.46. The predicted molar refractivity (Wildman–Crippen MR) is 101 cm³/mol. The van der Waals surface area contributed by atoms with Crippen LogP contribution in [0.15, 0.2) is 35.0 Å². The lowest BCUT2D eigenvalue weighted by atomic mass is 9.79. The Balaban J connectivity index is 1.98. The molecule has 6 nitrogen and oxygen atoms in total. The molecule has 1 aromatic heterocycles. The largest absolute Gasteiger partial charge is 0.477 e. The molecule has 1 saturated heterocycles. The fraction of sp³-hybridized carbons (Fsp3) is 0.444. The first kappa shape index (κ1) is 19.0. The molecule has 26 heavy (non-hydrogen) atoms. The molecule has 4 unspecified atom stereocenters. The van der Waals surface area contributed by atoms with Crippen LogP contribution in [0.5, 0.6) is 0 Å². The van der Waals surface area contributed by atoms with Gasteiger partial charge in [0.2, 0.25) is 5.91 Å². The Bertz CT molecular complexity index is 808. The molecule has 1 fully saturated rings. The Morgan fingerprint density at radius 3 is 2.69 bits per heavy atom. The molecule has 0 bridgehead atoms. The molecule has 0 aliphatic carbocycles. The van der Waals surface area contributed by atoms with Crippen LogP contribution in [-0.4, -0.2) is 44.5 Å². The monoisotopic (exact) mass is 393 g/mol. The first-order valence-electron chi connectivity index (χ1n) is 8.34. The van der Waals surface area contributed by atoms with Crippen molar-refractivity contribution in [3.63, 3.8) is 0 Å². The first-order valence-corrected chi connectivity index (χ1v) is 9.69. The van der Waals surface area contributed by atoms with Crippen LogP contribution in [0.2, 0.25) is 0 Å². The summed E-state index contributed by atoms with van der Waals surface area (Å²) in [5, 5.41) is 21.0. The maximum atomic E-state index is 12.4. The third kappa shape index (κ3) is 2.86. The number of carboxylic acid groups (broad SMARTS) is 1. The minimum atomic E-state index is -1.13. The van der Waals surface area contributed by atoms with E-state index in [1.807, 2.05) is 42.9 Å². The van der Waals surface area contributed by atoms with Gasteiger partial charge in [-0.25, -0.2) is 9.36 Å². The summed E-state index contributed by atoms with van der Waals surface area (Å²) >= 11 is 6.58. The number of carbonyl (C=O) groups is 2. The van der Waals surface area contributed by atoms with E-state index >= 15 is 0 Å². The lowest BCUT2D eigenvalue weighted by Crippen LogP contribution is -2.63. The van der Waals surface area contributed by atoms with Crippen molar-refractivity contribution in [2.75, 3.05) is 0 Å². The van der Waals surface area contributed by atoms with E-state index in [4.69, 9.17) is 12.2 Å². The van der Waals surface area contributed by atoms with Gasteiger partial charge in [0.1, 0.15) is 18.0 Å². The average Bonchev–Trinajstić information content (AvgIpc) is 2.82. The predicted octanol–water partition coefficient (Wildman–Crippen LogP) is 1.44. The second kappa shape index (κ2) is 7.09. The minimum absolute atomic E-state index is 0.0230. The molecule has 0 spiro atoms. The number of nitrogens with zero attached hydrogens (tertiary/aromatic N) is 2. The van der Waals surface area contributed by atoms with E-state index in [9.17, 15) is 19.8 Å². The zero-order valence-corrected chi connectivity index (χ0v) is 16.3. The number of β-lactam (4-membered cyclic amide) rings is 1. The van der Waals surface area contributed by atoms with Crippen molar-refractivity contribution >= 4 is 41.2 Å². The second-order valence-corrected chi connectivity index (χ2v) is 8.14. The van der Waals surface area contributed by atoms with E-state index in [2.05, 4.69) is 0 Å². The van der Waals surface area contributed by atoms with E-state index in [1.54, 1.807) is 12.3 Å². The zero-order chi connectivity index (χ0) is 19.2. The second-order valence-electron chi connectivity index (χ2n) is 6.68. The van der Waals surface area contributed by atoms with E-state index in [0.717, 1.165) is 5.69 Å². The fourth-order valence-corrected chi connectivity index (χ4v) is 5.46. The van der Waals surface area contributed by atoms with Gasteiger partial charge in [-0.3, -0.25) is 4.79 Å². The number of aromatic nitrogens is 1. The van der Waals surface area contributed by atoms with Crippen LogP contribution < -0.4 is 4.57 Å². The molecule has 1 aromatic rings. The van der Waals surface area contributed by atoms with Gasteiger partial charge < -0.3 is 15.1 Å². The number of aliphatic carboxylic acids is 1. The number of rotatable bonds is 6. The summed E-state index contributed by atoms with van der Waals surface area (Å²) in [5.74, 6) is -2.18. The Hall–Kier alpha value is -1.77. The van der Waals surface area contributed by atoms with Crippen molar-refractivity contribution in [3.05, 3.63) is 40.7 Å². The molecule has 0 saturated carbocycles. The highest BCUT2D eigenvalue weighted by molar-refractivity contribution is 8.04. The molecule has 2 aliphatic heterocycles. The number of pyridine rings is 1. The summed E-state index contributed by atoms with van der Waals surface area (Å²) in [6.45, 7) is 3.48. The van der Waals surface area contributed by atoms with Gasteiger partial charge in [-0.1, -0.05) is 25.2 Å². The SMILES string of the molecule is CC1C(SC(C=S)c2cccc[n+]2C)=C(C(=O)O)N2C(=O)C([C@@H](C)O)C12. The maximum Gasteiger partial charge on any atom is 0.353 e. The van der Waals surface area contributed by atoms with Gasteiger partial charge in [0.25, 0.3) is 0 Å². The Morgan fingerprint density at radius 2 is 2.15 bits per heavy atom. The van der Waals surface area contributed by atoms with Crippen LogP contribution in [-0.2, 0) is 16.6 Å². The number of aliphatic hydroxyl groups excluding tert-OH is 1. The summed E-state index contributed by atoms with van der Waals surface area (Å²) in [4.78, 5) is 26.2. The molecule has 1 amide bonds. The molecule has 8 heteroatoms. The van der Waals surface area contributed by atoms with Crippen LogP contribution >= 0.6 is 24.0 Å². The van der Waals surface area contributed by atoms with Gasteiger partial charge in [0.05, 0.1) is 18.1 Å². The molecule has 2 N–H and O–H groups in total. The molecule has 0 radical (unpaired) electrons. The smallest absolute Gasteiger partial charge is 0.353 e. The maximum absolute atomic E-state index is 12.4. The van der Waals surface area contributed by atoms with Crippen molar-refractivity contribution in [3.8, 4) is 0 Å². The van der Waals surface area contributed by atoms with Gasteiger partial charge in [0.15, 0.2) is 11.9 Å². The molecular weight excluding hydrogens is 372 g/mol. The number of fused-ring (bicyclic) bond motifs is 1. The number of thiocarbonyl (C=S) groups is 1. The number of thioether (sulfide) groups is 1. The molecular formula is C18H21N2O4S2+. The number of hydrogen-bond acceptors (Lipinski definition) is 5. The molecule has 138 valence electrons. The van der Waals surface area contributed by atoms with Gasteiger partial charge in [-0.2, -0.15) is 0 Å². The number of carboxylic acids is 1. The molecule has 3 heterocycles.